The van der Waals surface area contributed by atoms with E-state index in [9.17, 15) is 4.79 Å². The van der Waals surface area contributed by atoms with Gasteiger partial charge < -0.3 is 4.74 Å². The molecule has 1 atom stereocenters. The van der Waals surface area contributed by atoms with Gasteiger partial charge in [-0.15, -0.1) is 23.1 Å². The van der Waals surface area contributed by atoms with E-state index in [0.717, 1.165) is 20.3 Å². The molecular formula is C16H12N2O2S2. The van der Waals surface area contributed by atoms with Crippen LogP contribution in [0.5, 0.6) is 0 Å². The molecule has 4 rings (SSSR count). The van der Waals surface area contributed by atoms with Crippen LogP contribution >= 0.6 is 23.1 Å². The molecule has 1 aliphatic rings. The Kier molecular flexibility index (Phi) is 3.35. The van der Waals surface area contributed by atoms with Gasteiger partial charge in [-0.1, -0.05) is 30.3 Å². The number of carbonyl (C=O) groups is 1. The van der Waals surface area contributed by atoms with Crippen LogP contribution in [0.25, 0.3) is 21.0 Å². The van der Waals surface area contributed by atoms with Crippen molar-refractivity contribution in [3.8, 4) is 0 Å². The first-order valence-corrected chi connectivity index (χ1v) is 8.63. The smallest absolute Gasteiger partial charge is 0.331 e. The molecule has 6 heteroatoms. The van der Waals surface area contributed by atoms with E-state index in [0.29, 0.717) is 5.75 Å². The Morgan fingerprint density at radius 2 is 2.14 bits per heavy atom. The van der Waals surface area contributed by atoms with Crippen molar-refractivity contribution < 1.29 is 9.53 Å². The lowest BCUT2D eigenvalue weighted by molar-refractivity contribution is -0.141. The van der Waals surface area contributed by atoms with Gasteiger partial charge in [0.1, 0.15) is 10.1 Å². The summed E-state index contributed by atoms with van der Waals surface area (Å²) in [6.45, 7) is 0. The largest absolute Gasteiger partial charge is 0.467 e. The third-order valence-corrected chi connectivity index (χ3v) is 5.88. The highest BCUT2D eigenvalue weighted by Crippen LogP contribution is 2.34. The minimum atomic E-state index is -0.409. The minimum absolute atomic E-state index is 0.283. The van der Waals surface area contributed by atoms with E-state index in [4.69, 9.17) is 4.74 Å². The summed E-state index contributed by atoms with van der Waals surface area (Å²) >= 11 is 3.20. The van der Waals surface area contributed by atoms with Gasteiger partial charge in [0.15, 0.2) is 6.04 Å². The highest BCUT2D eigenvalue weighted by atomic mass is 32.2. The molecule has 1 aliphatic heterocycles. The van der Waals surface area contributed by atoms with Gasteiger partial charge in [-0.3, -0.25) is 4.99 Å². The van der Waals surface area contributed by atoms with Crippen LogP contribution in [0.15, 0.2) is 41.4 Å². The molecule has 1 aromatic heterocycles. The number of hydrogen-bond donors (Lipinski definition) is 0. The lowest BCUT2D eigenvalue weighted by atomic mass is 10.1. The van der Waals surface area contributed by atoms with E-state index >= 15 is 0 Å². The molecule has 4 nitrogen and oxygen atoms in total. The highest BCUT2D eigenvalue weighted by molar-refractivity contribution is 8.15. The Hall–Kier alpha value is -1.92. The van der Waals surface area contributed by atoms with Crippen molar-refractivity contribution in [1.29, 1.82) is 0 Å². The highest BCUT2D eigenvalue weighted by Gasteiger charge is 2.28. The van der Waals surface area contributed by atoms with Crippen LogP contribution in [0.4, 0.5) is 0 Å². The third kappa shape index (κ3) is 2.19. The summed E-state index contributed by atoms with van der Waals surface area (Å²) in [5.74, 6) is 0.340. The molecule has 0 spiro atoms. The van der Waals surface area contributed by atoms with Gasteiger partial charge in [0.05, 0.1) is 17.3 Å². The molecule has 2 aromatic carbocycles. The molecule has 0 bridgehead atoms. The Balaban J connectivity index is 1.80. The number of nitrogens with zero attached hydrogens (tertiary/aromatic N) is 2. The van der Waals surface area contributed by atoms with Gasteiger partial charge in [-0.05, 0) is 11.5 Å². The number of ether oxygens (including phenoxy) is 1. The normalized spacial score (nSPS) is 17.9. The summed E-state index contributed by atoms with van der Waals surface area (Å²) in [5, 5.41) is 4.12. The number of thioether (sulfide) groups is 1. The van der Waals surface area contributed by atoms with Crippen LogP contribution in [-0.4, -0.2) is 34.9 Å². The molecular weight excluding hydrogens is 316 g/mol. The molecule has 2 heterocycles. The lowest BCUT2D eigenvalue weighted by Gasteiger charge is -2.00. The van der Waals surface area contributed by atoms with Crippen LogP contribution in [0.3, 0.4) is 0 Å². The van der Waals surface area contributed by atoms with Crippen LogP contribution in [0.1, 0.15) is 5.01 Å². The molecule has 0 saturated carbocycles. The number of aromatic nitrogens is 1. The van der Waals surface area contributed by atoms with E-state index in [1.54, 1.807) is 23.1 Å². The van der Waals surface area contributed by atoms with Crippen LogP contribution in [0.2, 0.25) is 0 Å². The molecule has 0 saturated heterocycles. The number of rotatable bonds is 2. The second kappa shape index (κ2) is 5.37. The molecule has 3 aromatic rings. The molecule has 0 N–H and O–H groups in total. The molecule has 0 fully saturated rings. The zero-order chi connectivity index (χ0) is 15.1. The first kappa shape index (κ1) is 13.7. The zero-order valence-corrected chi connectivity index (χ0v) is 13.4. The fourth-order valence-corrected chi connectivity index (χ4v) is 4.69. The summed E-state index contributed by atoms with van der Waals surface area (Å²) in [4.78, 5) is 20.7. The van der Waals surface area contributed by atoms with Crippen LogP contribution in [0, 0.1) is 0 Å². The molecule has 0 amide bonds. The van der Waals surface area contributed by atoms with Gasteiger partial charge in [-0.2, -0.15) is 0 Å². The van der Waals surface area contributed by atoms with Crippen molar-refractivity contribution in [1.82, 2.24) is 4.98 Å². The number of methoxy groups -OCH3 is 1. The van der Waals surface area contributed by atoms with Gasteiger partial charge in [0.2, 0.25) is 0 Å². The van der Waals surface area contributed by atoms with E-state index in [-0.39, 0.29) is 5.97 Å². The molecule has 0 aliphatic carbocycles. The topological polar surface area (TPSA) is 51.5 Å². The fraction of sp³-hybridized carbons (Fsp3) is 0.188. The Morgan fingerprint density at radius 1 is 1.27 bits per heavy atom. The van der Waals surface area contributed by atoms with Gasteiger partial charge in [0.25, 0.3) is 0 Å². The number of thiazole rings is 1. The average molecular weight is 328 g/mol. The number of hydrogen-bond acceptors (Lipinski definition) is 6. The van der Waals surface area contributed by atoms with Crippen molar-refractivity contribution in [2.75, 3.05) is 12.9 Å². The first-order chi connectivity index (χ1) is 10.8. The van der Waals surface area contributed by atoms with E-state index in [1.165, 1.54) is 17.9 Å². The van der Waals surface area contributed by atoms with E-state index in [2.05, 4.69) is 28.2 Å². The van der Waals surface area contributed by atoms with Crippen molar-refractivity contribution in [2.24, 2.45) is 4.99 Å². The number of fused-ring (bicyclic) bond motifs is 3. The predicted molar refractivity (Wildman–Crippen MR) is 91.9 cm³/mol. The summed E-state index contributed by atoms with van der Waals surface area (Å²) in [6.07, 6.45) is 0. The second-order valence-corrected chi connectivity index (χ2v) is 6.95. The summed E-state index contributed by atoms with van der Waals surface area (Å²) in [6, 6.07) is 12.0. The Morgan fingerprint density at radius 3 is 3.00 bits per heavy atom. The number of aliphatic imine (C=N–C) groups is 1. The van der Waals surface area contributed by atoms with Crippen LogP contribution < -0.4 is 0 Å². The summed E-state index contributed by atoms with van der Waals surface area (Å²) < 4.78 is 5.92. The SMILES string of the molecule is COC(=O)C1CSC(c2nc3ccc4ccccc4c3s2)=N1. The standard InChI is InChI=1S/C16H12N2O2S2/c1-20-16(19)12-8-21-14(18-12)15-17-11-7-6-9-4-2-3-5-10(9)13(11)22-15/h2-7,12H,8H2,1H3. The Bertz CT molecular complexity index is 917. The molecule has 110 valence electrons. The number of carbonyl (C=O) groups excluding carboxylic acids is 1. The van der Waals surface area contributed by atoms with Gasteiger partial charge in [0, 0.05) is 11.1 Å². The van der Waals surface area contributed by atoms with E-state index in [1.807, 2.05) is 18.2 Å². The molecule has 0 radical (unpaired) electrons. The van der Waals surface area contributed by atoms with Crippen molar-refractivity contribution >= 4 is 55.1 Å². The fourth-order valence-electron chi connectivity index (χ4n) is 2.49. The van der Waals surface area contributed by atoms with E-state index < -0.39 is 6.04 Å². The first-order valence-electron chi connectivity index (χ1n) is 6.83. The zero-order valence-electron chi connectivity index (χ0n) is 11.8. The van der Waals surface area contributed by atoms with Gasteiger partial charge >= 0.3 is 5.97 Å². The van der Waals surface area contributed by atoms with Crippen molar-refractivity contribution in [2.45, 2.75) is 6.04 Å². The molecule has 1 unspecified atom stereocenters. The minimum Gasteiger partial charge on any atom is -0.467 e. The summed E-state index contributed by atoms with van der Waals surface area (Å²) in [5.41, 5.74) is 0.975. The third-order valence-electron chi connectivity index (χ3n) is 3.59. The quantitative estimate of drug-likeness (QED) is 0.676. The van der Waals surface area contributed by atoms with Crippen molar-refractivity contribution in [3.63, 3.8) is 0 Å². The van der Waals surface area contributed by atoms with Crippen molar-refractivity contribution in [3.05, 3.63) is 41.4 Å². The maximum Gasteiger partial charge on any atom is 0.331 e. The lowest BCUT2D eigenvalue weighted by Crippen LogP contribution is -2.19. The number of benzene rings is 2. The maximum atomic E-state index is 11.6. The Labute approximate surface area is 135 Å². The monoisotopic (exact) mass is 328 g/mol. The van der Waals surface area contributed by atoms with Gasteiger partial charge in [-0.25, -0.2) is 9.78 Å². The summed E-state index contributed by atoms with van der Waals surface area (Å²) in [7, 11) is 1.39. The second-order valence-electron chi connectivity index (χ2n) is 4.94. The maximum absolute atomic E-state index is 11.6. The van der Waals surface area contributed by atoms with Crippen LogP contribution in [-0.2, 0) is 9.53 Å². The predicted octanol–water partition coefficient (Wildman–Crippen LogP) is 3.48. The number of esters is 1. The molecule has 22 heavy (non-hydrogen) atoms. The average Bonchev–Trinajstić information content (AvgIpc) is 3.20.